The van der Waals surface area contributed by atoms with E-state index in [2.05, 4.69) is 10.6 Å². The lowest BCUT2D eigenvalue weighted by Gasteiger charge is -2.13. The number of amides is 2. The first kappa shape index (κ1) is 17.7. The first-order valence-corrected chi connectivity index (χ1v) is 8.01. The summed E-state index contributed by atoms with van der Waals surface area (Å²) in [6.07, 6.45) is -0.208. The molecule has 0 bridgehead atoms. The van der Waals surface area contributed by atoms with Gasteiger partial charge in [0.2, 0.25) is 11.8 Å². The van der Waals surface area contributed by atoms with E-state index in [-0.39, 0.29) is 18.2 Å². The monoisotopic (exact) mass is 324 g/mol. The Balaban J connectivity index is 2.02. The van der Waals surface area contributed by atoms with Crippen molar-refractivity contribution < 1.29 is 9.59 Å². The number of benzene rings is 2. The van der Waals surface area contributed by atoms with Crippen LogP contribution in [-0.4, -0.2) is 11.8 Å². The zero-order valence-electron chi connectivity index (χ0n) is 14.9. The van der Waals surface area contributed by atoms with E-state index < -0.39 is 0 Å². The van der Waals surface area contributed by atoms with Gasteiger partial charge in [-0.3, -0.25) is 9.59 Å². The Morgan fingerprint density at radius 2 is 1.42 bits per heavy atom. The summed E-state index contributed by atoms with van der Waals surface area (Å²) >= 11 is 0. The maximum atomic E-state index is 12.2. The molecule has 0 aliphatic rings. The fourth-order valence-electron chi connectivity index (χ4n) is 2.79. The third-order valence-electron chi connectivity index (χ3n) is 4.14. The standard InChI is InChI=1S/C20H24N2O2/c1-12-9-14(3)20(15(4)10-12)22-19(24)11-18(23)21-17-8-6-7-13(2)16(17)5/h6-10H,11H2,1-5H3,(H,21,23)(H,22,24). The lowest BCUT2D eigenvalue weighted by Crippen LogP contribution is -2.22. The fourth-order valence-corrected chi connectivity index (χ4v) is 2.79. The summed E-state index contributed by atoms with van der Waals surface area (Å²) in [7, 11) is 0. The molecule has 0 unspecified atom stereocenters. The SMILES string of the molecule is Cc1cc(C)c(NC(=O)CC(=O)Nc2cccc(C)c2C)c(C)c1. The van der Waals surface area contributed by atoms with Crippen LogP contribution in [0.25, 0.3) is 0 Å². The Labute approximate surface area is 143 Å². The molecule has 4 nitrogen and oxygen atoms in total. The molecule has 0 saturated carbocycles. The molecule has 0 heterocycles. The fraction of sp³-hybridized carbons (Fsp3) is 0.300. The minimum absolute atomic E-state index is 0.208. The molecule has 0 atom stereocenters. The first-order chi connectivity index (χ1) is 11.3. The van der Waals surface area contributed by atoms with Crippen molar-refractivity contribution in [2.45, 2.75) is 41.0 Å². The smallest absolute Gasteiger partial charge is 0.233 e. The first-order valence-electron chi connectivity index (χ1n) is 8.01. The molecule has 0 aliphatic carbocycles. The molecular weight excluding hydrogens is 300 g/mol. The third kappa shape index (κ3) is 4.22. The minimum atomic E-state index is -0.316. The van der Waals surface area contributed by atoms with Gasteiger partial charge in [0, 0.05) is 11.4 Å². The number of carbonyl (C=O) groups is 2. The van der Waals surface area contributed by atoms with Gasteiger partial charge in [0.05, 0.1) is 0 Å². The summed E-state index contributed by atoms with van der Waals surface area (Å²) in [5.74, 6) is -0.628. The summed E-state index contributed by atoms with van der Waals surface area (Å²) in [5.41, 5.74) is 6.78. The number of anilines is 2. The maximum Gasteiger partial charge on any atom is 0.233 e. The Bertz CT molecular complexity index is 771. The number of hydrogen-bond donors (Lipinski definition) is 2. The van der Waals surface area contributed by atoms with Crippen LogP contribution < -0.4 is 10.6 Å². The van der Waals surface area contributed by atoms with Gasteiger partial charge >= 0.3 is 0 Å². The van der Waals surface area contributed by atoms with E-state index >= 15 is 0 Å². The Kier molecular flexibility index (Phi) is 5.39. The summed E-state index contributed by atoms with van der Waals surface area (Å²) in [5, 5.41) is 5.65. The summed E-state index contributed by atoms with van der Waals surface area (Å²) in [6, 6.07) is 9.74. The Morgan fingerprint density at radius 1 is 0.833 bits per heavy atom. The van der Waals surface area contributed by atoms with Crippen molar-refractivity contribution in [1.29, 1.82) is 0 Å². The van der Waals surface area contributed by atoms with Crippen molar-refractivity contribution in [3.8, 4) is 0 Å². The van der Waals surface area contributed by atoms with Crippen LogP contribution in [0.4, 0.5) is 11.4 Å². The van der Waals surface area contributed by atoms with E-state index in [9.17, 15) is 9.59 Å². The molecule has 2 aromatic carbocycles. The van der Waals surface area contributed by atoms with Gasteiger partial charge < -0.3 is 10.6 Å². The molecule has 24 heavy (non-hydrogen) atoms. The van der Waals surface area contributed by atoms with Crippen LogP contribution in [-0.2, 0) is 9.59 Å². The van der Waals surface area contributed by atoms with Crippen molar-refractivity contribution in [2.24, 2.45) is 0 Å². The van der Waals surface area contributed by atoms with E-state index in [1.165, 1.54) is 0 Å². The topological polar surface area (TPSA) is 58.2 Å². The van der Waals surface area contributed by atoms with Crippen LogP contribution in [0.15, 0.2) is 30.3 Å². The van der Waals surface area contributed by atoms with Crippen LogP contribution in [0.2, 0.25) is 0 Å². The van der Waals surface area contributed by atoms with E-state index in [4.69, 9.17) is 0 Å². The van der Waals surface area contributed by atoms with Crippen LogP contribution in [0, 0.1) is 34.6 Å². The van der Waals surface area contributed by atoms with Crippen molar-refractivity contribution in [1.82, 2.24) is 0 Å². The Hall–Kier alpha value is -2.62. The van der Waals surface area contributed by atoms with Gasteiger partial charge in [-0.15, -0.1) is 0 Å². The third-order valence-corrected chi connectivity index (χ3v) is 4.14. The van der Waals surface area contributed by atoms with Gasteiger partial charge in [0.15, 0.2) is 0 Å². The number of hydrogen-bond acceptors (Lipinski definition) is 2. The normalized spacial score (nSPS) is 10.4. The molecule has 4 heteroatoms. The number of rotatable bonds is 4. The maximum absolute atomic E-state index is 12.2. The number of nitrogens with one attached hydrogen (secondary N) is 2. The van der Waals surface area contributed by atoms with E-state index in [0.717, 1.165) is 39.2 Å². The highest BCUT2D eigenvalue weighted by atomic mass is 16.2. The van der Waals surface area contributed by atoms with Gasteiger partial charge in [-0.2, -0.15) is 0 Å². The molecule has 2 aromatic rings. The molecule has 126 valence electrons. The summed E-state index contributed by atoms with van der Waals surface area (Å²) in [4.78, 5) is 24.3. The predicted octanol–water partition coefficient (Wildman–Crippen LogP) is 4.20. The molecule has 0 saturated heterocycles. The van der Waals surface area contributed by atoms with Crippen molar-refractivity contribution in [2.75, 3.05) is 10.6 Å². The summed E-state index contributed by atoms with van der Waals surface area (Å²) < 4.78 is 0. The van der Waals surface area contributed by atoms with E-state index in [1.807, 2.05) is 65.0 Å². The Morgan fingerprint density at radius 3 is 2.04 bits per heavy atom. The highest BCUT2D eigenvalue weighted by Gasteiger charge is 2.13. The highest BCUT2D eigenvalue weighted by molar-refractivity contribution is 6.08. The average Bonchev–Trinajstić information content (AvgIpc) is 2.47. The van der Waals surface area contributed by atoms with Crippen molar-refractivity contribution >= 4 is 23.2 Å². The molecule has 0 aliphatic heterocycles. The second-order valence-electron chi connectivity index (χ2n) is 6.29. The van der Waals surface area contributed by atoms with Crippen LogP contribution in [0.3, 0.4) is 0 Å². The molecular formula is C20H24N2O2. The average molecular weight is 324 g/mol. The molecule has 0 radical (unpaired) electrons. The second kappa shape index (κ2) is 7.30. The van der Waals surface area contributed by atoms with Crippen molar-refractivity contribution in [3.63, 3.8) is 0 Å². The number of aryl methyl sites for hydroxylation is 4. The zero-order chi connectivity index (χ0) is 17.9. The van der Waals surface area contributed by atoms with Gasteiger partial charge in [0.1, 0.15) is 6.42 Å². The molecule has 2 rings (SSSR count). The summed E-state index contributed by atoms with van der Waals surface area (Å²) in [6.45, 7) is 9.85. The van der Waals surface area contributed by atoms with E-state index in [1.54, 1.807) is 0 Å². The van der Waals surface area contributed by atoms with E-state index in [0.29, 0.717) is 0 Å². The minimum Gasteiger partial charge on any atom is -0.325 e. The molecule has 0 aromatic heterocycles. The predicted molar refractivity (Wildman–Crippen MR) is 98.4 cm³/mol. The molecule has 2 N–H and O–H groups in total. The zero-order valence-corrected chi connectivity index (χ0v) is 14.9. The van der Waals surface area contributed by atoms with Crippen molar-refractivity contribution in [3.05, 3.63) is 58.1 Å². The second-order valence-corrected chi connectivity index (χ2v) is 6.29. The lowest BCUT2D eigenvalue weighted by atomic mass is 10.0. The van der Waals surface area contributed by atoms with Crippen LogP contribution in [0.5, 0.6) is 0 Å². The number of carbonyl (C=O) groups excluding carboxylic acids is 2. The van der Waals surface area contributed by atoms with Crippen LogP contribution >= 0.6 is 0 Å². The van der Waals surface area contributed by atoms with Crippen LogP contribution in [0.1, 0.15) is 34.2 Å². The van der Waals surface area contributed by atoms with Gasteiger partial charge in [-0.1, -0.05) is 29.8 Å². The quantitative estimate of drug-likeness (QED) is 0.828. The lowest BCUT2D eigenvalue weighted by molar-refractivity contribution is -0.123. The highest BCUT2D eigenvalue weighted by Crippen LogP contribution is 2.22. The van der Waals surface area contributed by atoms with Gasteiger partial charge in [-0.25, -0.2) is 0 Å². The molecule has 0 spiro atoms. The largest absolute Gasteiger partial charge is 0.325 e. The van der Waals surface area contributed by atoms with Gasteiger partial charge in [-0.05, 0) is 62.9 Å². The molecule has 0 fully saturated rings. The molecule has 2 amide bonds. The van der Waals surface area contributed by atoms with Gasteiger partial charge in [0.25, 0.3) is 0 Å².